The number of rotatable bonds is 6. The van der Waals surface area contributed by atoms with Crippen molar-refractivity contribution in [2.45, 2.75) is 6.61 Å². The number of hydrogen-bond acceptors (Lipinski definition) is 5. The van der Waals surface area contributed by atoms with Crippen LogP contribution in [0.5, 0.6) is 23.0 Å². The first-order chi connectivity index (χ1) is 14.2. The van der Waals surface area contributed by atoms with Crippen LogP contribution in [0.1, 0.15) is 21.5 Å². The number of ether oxygens (including phenoxy) is 4. The Morgan fingerprint density at radius 3 is 2.48 bits per heavy atom. The molecule has 0 atom stereocenters. The number of allylic oxidation sites excluding steroid dienone is 1. The lowest BCUT2D eigenvalue weighted by Gasteiger charge is -2.11. The minimum Gasteiger partial charge on any atom is -0.497 e. The molecular formula is C24H20O5. The molecule has 29 heavy (non-hydrogen) atoms. The molecule has 0 radical (unpaired) electrons. The van der Waals surface area contributed by atoms with Gasteiger partial charge in [-0.05, 0) is 41.5 Å². The number of hydrogen-bond donors (Lipinski definition) is 0. The van der Waals surface area contributed by atoms with Gasteiger partial charge in [0.15, 0.2) is 17.3 Å². The van der Waals surface area contributed by atoms with Gasteiger partial charge in [0, 0.05) is 6.07 Å². The standard InChI is InChI=1S/C24H20O5/c1-26-18-9-10-19-21(14-18)29-23(24(19)25)13-17-8-11-20(22(12-17)27-2)28-15-16-6-4-3-5-7-16/h3-14H,15H2,1-2H3/b23-13-. The second kappa shape index (κ2) is 8.10. The average molecular weight is 388 g/mol. The van der Waals surface area contributed by atoms with E-state index in [-0.39, 0.29) is 11.5 Å². The molecule has 0 N–H and O–H groups in total. The van der Waals surface area contributed by atoms with Crippen molar-refractivity contribution in [1.82, 2.24) is 0 Å². The van der Waals surface area contributed by atoms with Crippen LogP contribution in [0.15, 0.2) is 72.5 Å². The quantitative estimate of drug-likeness (QED) is 0.562. The Balaban J connectivity index is 1.54. The highest BCUT2D eigenvalue weighted by Gasteiger charge is 2.27. The molecule has 3 aromatic rings. The number of ketones is 1. The molecule has 4 rings (SSSR count). The lowest BCUT2D eigenvalue weighted by Crippen LogP contribution is -1.99. The van der Waals surface area contributed by atoms with Crippen molar-refractivity contribution >= 4 is 11.9 Å². The van der Waals surface area contributed by atoms with Gasteiger partial charge >= 0.3 is 0 Å². The fraction of sp³-hybridized carbons (Fsp3) is 0.125. The van der Waals surface area contributed by atoms with E-state index in [2.05, 4.69) is 0 Å². The number of fused-ring (bicyclic) bond motifs is 1. The van der Waals surface area contributed by atoms with Crippen LogP contribution in [0, 0.1) is 0 Å². The predicted molar refractivity (Wildman–Crippen MR) is 110 cm³/mol. The summed E-state index contributed by atoms with van der Waals surface area (Å²) in [6.07, 6.45) is 1.69. The van der Waals surface area contributed by atoms with Crippen molar-refractivity contribution in [3.05, 3.63) is 89.2 Å². The van der Waals surface area contributed by atoms with Crippen molar-refractivity contribution in [3.63, 3.8) is 0 Å². The Labute approximate surface area is 169 Å². The van der Waals surface area contributed by atoms with Crippen LogP contribution in [0.25, 0.3) is 6.08 Å². The first kappa shape index (κ1) is 18.6. The van der Waals surface area contributed by atoms with Crippen LogP contribution in [0.4, 0.5) is 0 Å². The average Bonchev–Trinajstić information content (AvgIpc) is 3.07. The first-order valence-electron chi connectivity index (χ1n) is 9.15. The van der Waals surface area contributed by atoms with Crippen molar-refractivity contribution in [2.75, 3.05) is 14.2 Å². The Kier molecular flexibility index (Phi) is 5.20. The molecule has 0 unspecified atom stereocenters. The summed E-state index contributed by atoms with van der Waals surface area (Å²) in [6.45, 7) is 0.441. The highest BCUT2D eigenvalue weighted by Crippen LogP contribution is 2.36. The van der Waals surface area contributed by atoms with E-state index in [0.717, 1.165) is 11.1 Å². The van der Waals surface area contributed by atoms with Gasteiger partial charge in [-0.2, -0.15) is 0 Å². The smallest absolute Gasteiger partial charge is 0.231 e. The lowest BCUT2D eigenvalue weighted by atomic mass is 10.1. The monoisotopic (exact) mass is 388 g/mol. The minimum atomic E-state index is -0.161. The van der Waals surface area contributed by atoms with E-state index < -0.39 is 0 Å². The van der Waals surface area contributed by atoms with Crippen LogP contribution in [-0.4, -0.2) is 20.0 Å². The van der Waals surface area contributed by atoms with Gasteiger partial charge in [-0.25, -0.2) is 0 Å². The van der Waals surface area contributed by atoms with Crippen LogP contribution < -0.4 is 18.9 Å². The molecule has 0 aromatic heterocycles. The second-order valence-electron chi connectivity index (χ2n) is 6.49. The normalized spacial score (nSPS) is 13.7. The Bertz CT molecular complexity index is 1070. The molecule has 0 bridgehead atoms. The van der Waals surface area contributed by atoms with Crippen molar-refractivity contribution in [1.29, 1.82) is 0 Å². The fourth-order valence-electron chi connectivity index (χ4n) is 3.07. The number of carbonyl (C=O) groups is 1. The van der Waals surface area contributed by atoms with Gasteiger partial charge in [0.2, 0.25) is 5.78 Å². The summed E-state index contributed by atoms with van der Waals surface area (Å²) in [5.41, 5.74) is 2.36. The molecule has 0 saturated carbocycles. The summed E-state index contributed by atoms with van der Waals surface area (Å²) >= 11 is 0. The third kappa shape index (κ3) is 3.94. The van der Waals surface area contributed by atoms with Gasteiger partial charge in [-0.15, -0.1) is 0 Å². The van der Waals surface area contributed by atoms with E-state index in [9.17, 15) is 4.79 Å². The van der Waals surface area contributed by atoms with Gasteiger partial charge in [-0.3, -0.25) is 4.79 Å². The van der Waals surface area contributed by atoms with Crippen molar-refractivity contribution in [2.24, 2.45) is 0 Å². The summed E-state index contributed by atoms with van der Waals surface area (Å²) < 4.78 is 22.3. The summed E-state index contributed by atoms with van der Waals surface area (Å²) in [7, 11) is 3.16. The van der Waals surface area contributed by atoms with E-state index in [1.807, 2.05) is 48.5 Å². The van der Waals surface area contributed by atoms with Gasteiger partial charge < -0.3 is 18.9 Å². The van der Waals surface area contributed by atoms with E-state index >= 15 is 0 Å². The van der Waals surface area contributed by atoms with Crippen LogP contribution >= 0.6 is 0 Å². The molecule has 1 heterocycles. The number of benzene rings is 3. The van der Waals surface area contributed by atoms with Crippen LogP contribution in [0.3, 0.4) is 0 Å². The Morgan fingerprint density at radius 2 is 1.72 bits per heavy atom. The topological polar surface area (TPSA) is 54.0 Å². The summed E-state index contributed by atoms with van der Waals surface area (Å²) in [5.74, 6) is 2.44. The third-order valence-electron chi connectivity index (χ3n) is 4.60. The molecule has 0 aliphatic carbocycles. The van der Waals surface area contributed by atoms with Gasteiger partial charge in [-0.1, -0.05) is 36.4 Å². The molecule has 5 nitrogen and oxygen atoms in total. The molecular weight excluding hydrogens is 368 g/mol. The van der Waals surface area contributed by atoms with Crippen molar-refractivity contribution < 1.29 is 23.7 Å². The van der Waals surface area contributed by atoms with Gasteiger partial charge in [0.1, 0.15) is 18.1 Å². The molecule has 0 saturated heterocycles. The SMILES string of the molecule is COc1ccc2c(c1)O/C(=C\c1ccc(OCc3ccccc3)c(OC)c1)C2=O. The zero-order valence-electron chi connectivity index (χ0n) is 16.2. The predicted octanol–water partition coefficient (Wildman–Crippen LogP) is 4.90. The summed E-state index contributed by atoms with van der Waals surface area (Å²) in [4.78, 5) is 12.6. The lowest BCUT2D eigenvalue weighted by molar-refractivity contribution is 0.101. The molecule has 1 aliphatic heterocycles. The first-order valence-corrected chi connectivity index (χ1v) is 9.15. The highest BCUT2D eigenvalue weighted by atomic mass is 16.5. The molecule has 1 aliphatic rings. The third-order valence-corrected chi connectivity index (χ3v) is 4.60. The van der Waals surface area contributed by atoms with Crippen LogP contribution in [-0.2, 0) is 6.61 Å². The highest BCUT2D eigenvalue weighted by molar-refractivity contribution is 6.14. The summed E-state index contributed by atoms with van der Waals surface area (Å²) in [6, 6.07) is 20.6. The van der Waals surface area contributed by atoms with Crippen LogP contribution in [0.2, 0.25) is 0 Å². The molecule has 5 heteroatoms. The zero-order valence-corrected chi connectivity index (χ0v) is 16.2. The molecule has 0 amide bonds. The fourth-order valence-corrected chi connectivity index (χ4v) is 3.07. The van der Waals surface area contributed by atoms with Crippen molar-refractivity contribution in [3.8, 4) is 23.0 Å². The molecule has 146 valence electrons. The maximum absolute atomic E-state index is 12.6. The number of methoxy groups -OCH3 is 2. The largest absolute Gasteiger partial charge is 0.497 e. The molecule has 0 spiro atoms. The maximum Gasteiger partial charge on any atom is 0.231 e. The molecule has 3 aromatic carbocycles. The summed E-state index contributed by atoms with van der Waals surface area (Å²) in [5, 5.41) is 0. The van der Waals surface area contributed by atoms with Gasteiger partial charge in [0.05, 0.1) is 19.8 Å². The Morgan fingerprint density at radius 1 is 0.897 bits per heavy atom. The van der Waals surface area contributed by atoms with Gasteiger partial charge in [0.25, 0.3) is 0 Å². The van der Waals surface area contributed by atoms with E-state index in [0.29, 0.717) is 35.2 Å². The number of Topliss-reactive ketones (excluding diaryl/α,β-unsaturated/α-hetero) is 1. The second-order valence-corrected chi connectivity index (χ2v) is 6.49. The molecule has 0 fully saturated rings. The minimum absolute atomic E-state index is 0.161. The maximum atomic E-state index is 12.6. The van der Waals surface area contributed by atoms with E-state index in [4.69, 9.17) is 18.9 Å². The Hall–Kier alpha value is -3.73. The number of carbonyl (C=O) groups excluding carboxylic acids is 1. The van der Waals surface area contributed by atoms with E-state index in [1.54, 1.807) is 38.5 Å². The van der Waals surface area contributed by atoms with E-state index in [1.165, 1.54) is 0 Å². The zero-order chi connectivity index (χ0) is 20.2.